The number of Topliss-reactive ketones (excluding diaryl/α,β-unsaturated/α-hetero) is 1. The van der Waals surface area contributed by atoms with Gasteiger partial charge in [-0.15, -0.1) is 10.2 Å². The van der Waals surface area contributed by atoms with Gasteiger partial charge in [0.25, 0.3) is 0 Å². The molecule has 0 fully saturated rings. The fourth-order valence-corrected chi connectivity index (χ4v) is 4.42. The fourth-order valence-electron chi connectivity index (χ4n) is 2.77. The number of nitrogens with zero attached hydrogens (tertiary/aromatic N) is 2. The molecule has 0 aliphatic heterocycles. The van der Waals surface area contributed by atoms with Crippen LogP contribution in [0.25, 0.3) is 10.9 Å². The third-order valence-corrected chi connectivity index (χ3v) is 6.35. The van der Waals surface area contributed by atoms with Crippen LogP contribution >= 0.6 is 23.1 Å². The molecule has 0 unspecified atom stereocenters. The SMILES string of the molecule is Cc1ccc(Nc2nnc(SCC(=O)c3c[nH]c4ccccc34)s2)cc1C. The number of ketones is 1. The van der Waals surface area contributed by atoms with Crippen LogP contribution in [0.15, 0.2) is 53.0 Å². The summed E-state index contributed by atoms with van der Waals surface area (Å²) in [5.74, 6) is 0.413. The summed E-state index contributed by atoms with van der Waals surface area (Å²) in [5.41, 5.74) is 5.16. The second-order valence-corrected chi connectivity index (χ2v) is 8.46. The van der Waals surface area contributed by atoms with E-state index in [2.05, 4.69) is 46.5 Å². The van der Waals surface area contributed by atoms with E-state index in [9.17, 15) is 4.79 Å². The van der Waals surface area contributed by atoms with Gasteiger partial charge in [-0.05, 0) is 43.2 Å². The number of benzene rings is 2. The quantitative estimate of drug-likeness (QED) is 0.340. The maximum atomic E-state index is 12.6. The van der Waals surface area contributed by atoms with Crippen LogP contribution in [0.1, 0.15) is 21.5 Å². The largest absolute Gasteiger partial charge is 0.360 e. The number of anilines is 2. The number of hydrogen-bond acceptors (Lipinski definition) is 6. The molecule has 0 saturated heterocycles. The Morgan fingerprint density at radius 3 is 2.85 bits per heavy atom. The van der Waals surface area contributed by atoms with Crippen molar-refractivity contribution in [1.29, 1.82) is 0 Å². The number of carbonyl (C=O) groups is 1. The molecule has 2 aromatic carbocycles. The van der Waals surface area contributed by atoms with Crippen LogP contribution in [0.5, 0.6) is 0 Å². The van der Waals surface area contributed by atoms with E-state index in [1.807, 2.05) is 30.3 Å². The van der Waals surface area contributed by atoms with Crippen molar-refractivity contribution in [3.8, 4) is 0 Å². The average molecular weight is 395 g/mol. The predicted molar refractivity (Wildman–Crippen MR) is 112 cm³/mol. The molecule has 27 heavy (non-hydrogen) atoms. The van der Waals surface area contributed by atoms with Crippen molar-refractivity contribution in [2.75, 3.05) is 11.1 Å². The molecule has 4 aromatic rings. The maximum Gasteiger partial charge on any atom is 0.210 e. The molecule has 0 bridgehead atoms. The van der Waals surface area contributed by atoms with Gasteiger partial charge in [-0.2, -0.15) is 0 Å². The minimum Gasteiger partial charge on any atom is -0.360 e. The highest BCUT2D eigenvalue weighted by Crippen LogP contribution is 2.29. The number of rotatable bonds is 6. The molecule has 0 amide bonds. The van der Waals surface area contributed by atoms with Gasteiger partial charge in [0.05, 0.1) is 5.75 Å². The van der Waals surface area contributed by atoms with Gasteiger partial charge in [0, 0.05) is 28.4 Å². The topological polar surface area (TPSA) is 70.7 Å². The average Bonchev–Trinajstić information content (AvgIpc) is 3.29. The summed E-state index contributed by atoms with van der Waals surface area (Å²) in [4.78, 5) is 15.7. The lowest BCUT2D eigenvalue weighted by Gasteiger charge is -2.05. The molecule has 5 nitrogen and oxygen atoms in total. The van der Waals surface area contributed by atoms with E-state index >= 15 is 0 Å². The maximum absolute atomic E-state index is 12.6. The molecule has 0 saturated carbocycles. The van der Waals surface area contributed by atoms with Gasteiger partial charge < -0.3 is 10.3 Å². The molecule has 0 aliphatic carbocycles. The second-order valence-electron chi connectivity index (χ2n) is 6.26. The zero-order chi connectivity index (χ0) is 18.8. The molecular formula is C20H18N4OS2. The van der Waals surface area contributed by atoms with Crippen molar-refractivity contribution in [3.63, 3.8) is 0 Å². The Labute approximate surface area is 165 Å². The van der Waals surface area contributed by atoms with Gasteiger partial charge in [-0.1, -0.05) is 47.4 Å². The van der Waals surface area contributed by atoms with Crippen molar-refractivity contribution in [1.82, 2.24) is 15.2 Å². The van der Waals surface area contributed by atoms with Crippen molar-refractivity contribution in [2.24, 2.45) is 0 Å². The molecule has 2 N–H and O–H groups in total. The Kier molecular flexibility index (Phi) is 4.96. The lowest BCUT2D eigenvalue weighted by atomic mass is 10.1. The summed E-state index contributed by atoms with van der Waals surface area (Å²) in [6, 6.07) is 14.0. The first-order valence-electron chi connectivity index (χ1n) is 8.50. The smallest absolute Gasteiger partial charge is 0.210 e. The number of aryl methyl sites for hydroxylation is 2. The first-order chi connectivity index (χ1) is 13.1. The first-order valence-corrected chi connectivity index (χ1v) is 10.3. The molecule has 0 atom stereocenters. The van der Waals surface area contributed by atoms with Gasteiger partial charge in [0.15, 0.2) is 10.1 Å². The molecule has 0 spiro atoms. The standard InChI is InChI=1S/C20H18N4OS2/c1-12-7-8-14(9-13(12)2)22-19-23-24-20(27-19)26-11-18(25)16-10-21-17-6-4-3-5-15(16)17/h3-10,21H,11H2,1-2H3,(H,22,23). The normalized spacial score (nSPS) is 11.0. The molecule has 4 rings (SSSR count). The summed E-state index contributed by atoms with van der Waals surface area (Å²) in [7, 11) is 0. The van der Waals surface area contributed by atoms with Gasteiger partial charge in [-0.3, -0.25) is 4.79 Å². The number of H-pyrrole nitrogens is 1. The molecule has 0 radical (unpaired) electrons. The molecule has 2 heterocycles. The van der Waals surface area contributed by atoms with Gasteiger partial charge >= 0.3 is 0 Å². The third-order valence-electron chi connectivity index (χ3n) is 4.38. The Bertz CT molecular complexity index is 1120. The second kappa shape index (κ2) is 7.54. The van der Waals surface area contributed by atoms with Crippen LogP contribution in [0.4, 0.5) is 10.8 Å². The zero-order valence-electron chi connectivity index (χ0n) is 14.9. The van der Waals surface area contributed by atoms with Gasteiger partial charge in [-0.25, -0.2) is 0 Å². The summed E-state index contributed by atoms with van der Waals surface area (Å²) < 4.78 is 0.773. The highest BCUT2D eigenvalue weighted by Gasteiger charge is 2.14. The predicted octanol–water partition coefficient (Wildman–Crippen LogP) is 5.35. The monoisotopic (exact) mass is 394 g/mol. The van der Waals surface area contributed by atoms with Crippen LogP contribution in [0.2, 0.25) is 0 Å². The van der Waals surface area contributed by atoms with E-state index in [4.69, 9.17) is 0 Å². The van der Waals surface area contributed by atoms with E-state index in [1.54, 1.807) is 6.20 Å². The Morgan fingerprint density at radius 2 is 2.00 bits per heavy atom. The van der Waals surface area contributed by atoms with Crippen LogP contribution in [-0.4, -0.2) is 26.7 Å². The number of fused-ring (bicyclic) bond motifs is 1. The van der Waals surface area contributed by atoms with E-state index in [1.165, 1.54) is 34.2 Å². The summed E-state index contributed by atoms with van der Waals surface area (Å²) in [6.07, 6.45) is 1.78. The highest BCUT2D eigenvalue weighted by atomic mass is 32.2. The molecule has 0 aliphatic rings. The molecule has 136 valence electrons. The summed E-state index contributed by atoms with van der Waals surface area (Å²) in [6.45, 7) is 4.17. The minimum absolute atomic E-state index is 0.0799. The zero-order valence-corrected chi connectivity index (χ0v) is 16.6. The van der Waals surface area contributed by atoms with E-state index in [0.717, 1.165) is 31.6 Å². The Morgan fingerprint density at radius 1 is 1.15 bits per heavy atom. The summed E-state index contributed by atoms with van der Waals surface area (Å²) >= 11 is 2.86. The third kappa shape index (κ3) is 3.89. The van der Waals surface area contributed by atoms with Crippen molar-refractivity contribution >= 4 is 50.6 Å². The van der Waals surface area contributed by atoms with Crippen LogP contribution in [-0.2, 0) is 0 Å². The number of aromatic nitrogens is 3. The van der Waals surface area contributed by atoms with E-state index in [0.29, 0.717) is 5.75 Å². The van der Waals surface area contributed by atoms with E-state index < -0.39 is 0 Å². The first kappa shape index (κ1) is 17.8. The number of thioether (sulfide) groups is 1. The fraction of sp³-hybridized carbons (Fsp3) is 0.150. The van der Waals surface area contributed by atoms with Crippen molar-refractivity contribution in [3.05, 3.63) is 65.4 Å². The molecule has 7 heteroatoms. The Balaban J connectivity index is 1.40. The van der Waals surface area contributed by atoms with Crippen LogP contribution < -0.4 is 5.32 Å². The lowest BCUT2D eigenvalue weighted by Crippen LogP contribution is -2.01. The number of carbonyl (C=O) groups excluding carboxylic acids is 1. The van der Waals surface area contributed by atoms with E-state index in [-0.39, 0.29) is 5.78 Å². The van der Waals surface area contributed by atoms with Crippen molar-refractivity contribution in [2.45, 2.75) is 18.2 Å². The number of hydrogen-bond donors (Lipinski definition) is 2. The van der Waals surface area contributed by atoms with Gasteiger partial charge in [0.1, 0.15) is 0 Å². The lowest BCUT2D eigenvalue weighted by molar-refractivity contribution is 0.102. The van der Waals surface area contributed by atoms with Crippen molar-refractivity contribution < 1.29 is 4.79 Å². The molecular weight excluding hydrogens is 376 g/mol. The number of para-hydroxylation sites is 1. The van der Waals surface area contributed by atoms with Crippen LogP contribution in [0.3, 0.4) is 0 Å². The Hall–Kier alpha value is -2.64. The molecule has 2 aromatic heterocycles. The van der Waals surface area contributed by atoms with Gasteiger partial charge in [0.2, 0.25) is 5.13 Å². The highest BCUT2D eigenvalue weighted by molar-refractivity contribution is 8.01. The van der Waals surface area contributed by atoms with Crippen LogP contribution in [0, 0.1) is 13.8 Å². The summed E-state index contributed by atoms with van der Waals surface area (Å²) in [5, 5.41) is 13.3. The number of nitrogens with one attached hydrogen (secondary N) is 2. The minimum atomic E-state index is 0.0799. The number of aromatic amines is 1.